The average molecular weight is 262 g/mol. The highest BCUT2D eigenvalue weighted by molar-refractivity contribution is 5.84. The van der Waals surface area contributed by atoms with Gasteiger partial charge in [-0.2, -0.15) is 5.26 Å². The van der Waals surface area contributed by atoms with Crippen molar-refractivity contribution in [1.29, 1.82) is 5.26 Å². The maximum absolute atomic E-state index is 11.2. The van der Waals surface area contributed by atoms with Crippen molar-refractivity contribution >= 4 is 22.9 Å². The van der Waals surface area contributed by atoms with Gasteiger partial charge in [-0.3, -0.25) is 4.99 Å². The van der Waals surface area contributed by atoms with Crippen LogP contribution in [0.15, 0.2) is 52.3 Å². The van der Waals surface area contributed by atoms with Crippen LogP contribution in [0.4, 0.5) is 5.69 Å². The number of fused-ring (bicyclic) bond motifs is 1. The summed E-state index contributed by atoms with van der Waals surface area (Å²) in [5, 5.41) is 8.72. The summed E-state index contributed by atoms with van der Waals surface area (Å²) in [6, 6.07) is 14.7. The molecule has 0 amide bonds. The number of H-pyrrole nitrogens is 2. The van der Waals surface area contributed by atoms with Crippen LogP contribution in [0.25, 0.3) is 11.0 Å². The summed E-state index contributed by atoms with van der Waals surface area (Å²) in [5.74, 6) is 0. The number of hydrogen-bond acceptors (Lipinski definition) is 3. The Morgan fingerprint density at radius 1 is 1.05 bits per heavy atom. The summed E-state index contributed by atoms with van der Waals surface area (Å²) in [6.45, 7) is 0. The number of hydrogen-bond donors (Lipinski definition) is 2. The van der Waals surface area contributed by atoms with Gasteiger partial charge in [-0.15, -0.1) is 0 Å². The Labute approximate surface area is 114 Å². The van der Waals surface area contributed by atoms with Crippen molar-refractivity contribution < 1.29 is 0 Å². The lowest BCUT2D eigenvalue weighted by molar-refractivity contribution is 1.21. The van der Waals surface area contributed by atoms with Gasteiger partial charge in [0.15, 0.2) is 0 Å². The van der Waals surface area contributed by atoms with Gasteiger partial charge in [0, 0.05) is 6.21 Å². The van der Waals surface area contributed by atoms with Gasteiger partial charge in [0.2, 0.25) is 0 Å². The molecule has 20 heavy (non-hydrogen) atoms. The zero-order chi connectivity index (χ0) is 13.9. The first-order chi connectivity index (χ1) is 9.74. The Kier molecular flexibility index (Phi) is 2.90. The molecule has 1 heterocycles. The van der Waals surface area contributed by atoms with Crippen molar-refractivity contribution in [2.45, 2.75) is 0 Å². The maximum Gasteiger partial charge on any atom is 0.323 e. The fourth-order valence-electron chi connectivity index (χ4n) is 1.89. The van der Waals surface area contributed by atoms with E-state index in [0.717, 1.165) is 22.3 Å². The quantitative estimate of drug-likeness (QED) is 0.695. The molecule has 0 saturated carbocycles. The van der Waals surface area contributed by atoms with Gasteiger partial charge in [-0.1, -0.05) is 12.1 Å². The van der Waals surface area contributed by atoms with E-state index in [1.807, 2.05) is 18.2 Å². The summed E-state index contributed by atoms with van der Waals surface area (Å²) in [4.78, 5) is 20.9. The zero-order valence-electron chi connectivity index (χ0n) is 10.4. The fourth-order valence-corrected chi connectivity index (χ4v) is 1.89. The summed E-state index contributed by atoms with van der Waals surface area (Å²) >= 11 is 0. The van der Waals surface area contributed by atoms with Crippen LogP contribution >= 0.6 is 0 Å². The van der Waals surface area contributed by atoms with Crippen molar-refractivity contribution in [2.75, 3.05) is 0 Å². The van der Waals surface area contributed by atoms with Gasteiger partial charge in [-0.25, -0.2) is 4.79 Å². The van der Waals surface area contributed by atoms with Crippen molar-refractivity contribution in [1.82, 2.24) is 9.97 Å². The lowest BCUT2D eigenvalue weighted by Crippen LogP contribution is -1.99. The molecule has 5 heteroatoms. The van der Waals surface area contributed by atoms with E-state index in [9.17, 15) is 4.79 Å². The highest BCUT2D eigenvalue weighted by Gasteiger charge is 1.98. The summed E-state index contributed by atoms with van der Waals surface area (Å²) < 4.78 is 0. The van der Waals surface area contributed by atoms with Crippen molar-refractivity contribution in [3.8, 4) is 6.07 Å². The molecule has 5 nitrogen and oxygen atoms in total. The number of aromatic amines is 2. The van der Waals surface area contributed by atoms with Crippen LogP contribution < -0.4 is 5.69 Å². The van der Waals surface area contributed by atoms with Crippen LogP contribution in [0.2, 0.25) is 0 Å². The minimum Gasteiger partial charge on any atom is -0.306 e. The van der Waals surface area contributed by atoms with Crippen LogP contribution in [0.5, 0.6) is 0 Å². The third-order valence-electron chi connectivity index (χ3n) is 2.90. The molecule has 2 aromatic carbocycles. The molecule has 0 bridgehead atoms. The Bertz CT molecular complexity index is 879. The van der Waals surface area contributed by atoms with Crippen molar-refractivity contribution in [2.24, 2.45) is 4.99 Å². The second kappa shape index (κ2) is 4.86. The molecule has 0 saturated heterocycles. The second-order valence-electron chi connectivity index (χ2n) is 4.30. The van der Waals surface area contributed by atoms with Crippen molar-refractivity contribution in [3.63, 3.8) is 0 Å². The molecule has 0 spiro atoms. The van der Waals surface area contributed by atoms with Crippen LogP contribution in [-0.2, 0) is 0 Å². The van der Waals surface area contributed by atoms with E-state index >= 15 is 0 Å². The first-order valence-electron chi connectivity index (χ1n) is 6.01. The predicted octanol–water partition coefficient (Wildman–Crippen LogP) is 2.48. The van der Waals surface area contributed by atoms with Crippen LogP contribution in [0.3, 0.4) is 0 Å². The first-order valence-corrected chi connectivity index (χ1v) is 6.01. The number of imidazole rings is 1. The lowest BCUT2D eigenvalue weighted by Gasteiger charge is -1.95. The van der Waals surface area contributed by atoms with E-state index in [1.165, 1.54) is 0 Å². The largest absolute Gasteiger partial charge is 0.323 e. The molecule has 0 aliphatic rings. The van der Waals surface area contributed by atoms with E-state index in [4.69, 9.17) is 5.26 Å². The molecule has 0 aliphatic heterocycles. The Balaban J connectivity index is 1.89. The molecule has 0 radical (unpaired) electrons. The Morgan fingerprint density at radius 2 is 1.80 bits per heavy atom. The van der Waals surface area contributed by atoms with Crippen LogP contribution in [0, 0.1) is 11.3 Å². The molecule has 2 N–H and O–H groups in total. The van der Waals surface area contributed by atoms with Gasteiger partial charge in [0.05, 0.1) is 28.4 Å². The van der Waals surface area contributed by atoms with Gasteiger partial charge in [-0.05, 0) is 35.9 Å². The topological polar surface area (TPSA) is 84.8 Å². The molecule has 0 atom stereocenters. The summed E-state index contributed by atoms with van der Waals surface area (Å²) in [5.41, 5.74) is 3.53. The van der Waals surface area contributed by atoms with Crippen LogP contribution in [-0.4, -0.2) is 16.2 Å². The number of nitrogens with one attached hydrogen (secondary N) is 2. The molecule has 0 fully saturated rings. The molecule has 3 aromatic rings. The van der Waals surface area contributed by atoms with Gasteiger partial charge >= 0.3 is 5.69 Å². The Morgan fingerprint density at radius 3 is 2.55 bits per heavy atom. The number of aromatic nitrogens is 2. The standard InChI is InChI=1S/C15H10N4O/c16-8-10-1-3-11(4-2-10)9-17-12-5-6-13-14(7-12)19-15(20)18-13/h1-7,9H,(H2,18,19,20). The average Bonchev–Trinajstić information content (AvgIpc) is 2.85. The molecule has 3 rings (SSSR count). The molecular formula is C15H10N4O. The monoisotopic (exact) mass is 262 g/mol. The number of benzene rings is 2. The molecule has 0 aliphatic carbocycles. The van der Waals surface area contributed by atoms with Gasteiger partial charge < -0.3 is 9.97 Å². The highest BCUT2D eigenvalue weighted by atomic mass is 16.1. The van der Waals surface area contributed by atoms with E-state index in [2.05, 4.69) is 21.0 Å². The van der Waals surface area contributed by atoms with E-state index in [-0.39, 0.29) is 5.69 Å². The summed E-state index contributed by atoms with van der Waals surface area (Å²) in [6.07, 6.45) is 1.72. The molecule has 0 unspecified atom stereocenters. The number of nitrogens with zero attached hydrogens (tertiary/aromatic N) is 2. The van der Waals surface area contributed by atoms with Crippen LogP contribution in [0.1, 0.15) is 11.1 Å². The smallest absolute Gasteiger partial charge is 0.306 e. The predicted molar refractivity (Wildman–Crippen MR) is 77.3 cm³/mol. The van der Waals surface area contributed by atoms with E-state index in [0.29, 0.717) is 5.56 Å². The zero-order valence-corrected chi connectivity index (χ0v) is 10.4. The minimum absolute atomic E-state index is 0.228. The van der Waals surface area contributed by atoms with Crippen molar-refractivity contribution in [3.05, 3.63) is 64.1 Å². The minimum atomic E-state index is -0.228. The van der Waals surface area contributed by atoms with Gasteiger partial charge in [0.1, 0.15) is 0 Å². The summed E-state index contributed by atoms with van der Waals surface area (Å²) in [7, 11) is 0. The third-order valence-corrected chi connectivity index (χ3v) is 2.90. The first kappa shape index (κ1) is 11.9. The second-order valence-corrected chi connectivity index (χ2v) is 4.30. The number of rotatable bonds is 2. The molecular weight excluding hydrogens is 252 g/mol. The number of nitriles is 1. The normalized spacial score (nSPS) is 10.9. The maximum atomic E-state index is 11.2. The third kappa shape index (κ3) is 2.35. The SMILES string of the molecule is N#Cc1ccc(C=Nc2ccc3[nH]c(=O)[nH]c3c2)cc1. The molecule has 1 aromatic heterocycles. The number of aliphatic imine (C=N–C) groups is 1. The Hall–Kier alpha value is -3.13. The lowest BCUT2D eigenvalue weighted by atomic mass is 10.2. The highest BCUT2D eigenvalue weighted by Crippen LogP contribution is 2.17. The fraction of sp³-hybridized carbons (Fsp3) is 0. The van der Waals surface area contributed by atoms with Gasteiger partial charge in [0.25, 0.3) is 0 Å². The van der Waals surface area contributed by atoms with E-state index < -0.39 is 0 Å². The molecule has 96 valence electrons. The van der Waals surface area contributed by atoms with E-state index in [1.54, 1.807) is 30.5 Å².